The average Bonchev–Trinajstić information content (AvgIpc) is 2.92. The highest BCUT2D eigenvalue weighted by Gasteiger charge is 2.41. The first-order valence-corrected chi connectivity index (χ1v) is 16.8. The third-order valence-corrected chi connectivity index (χ3v) is 9.71. The van der Waals surface area contributed by atoms with Gasteiger partial charge >= 0.3 is 11.9 Å². The van der Waals surface area contributed by atoms with Crippen molar-refractivity contribution in [3.8, 4) is 11.1 Å². The van der Waals surface area contributed by atoms with Gasteiger partial charge < -0.3 is 14.8 Å². The number of carbonyl (C=O) groups excluding carboxylic acids is 2. The van der Waals surface area contributed by atoms with Crippen LogP contribution in [0.25, 0.3) is 32.7 Å². The molecule has 0 bridgehead atoms. The minimum absolute atomic E-state index is 0.101. The maximum Gasteiger partial charge on any atom is 0.339 e. The minimum Gasteiger partial charge on any atom is -0.459 e. The fraction of sp³-hybridized carbons (Fsp3) is 0.463. The molecule has 5 heteroatoms. The lowest BCUT2D eigenvalue weighted by Crippen LogP contribution is -2.59. The number of ether oxygens (including phenoxy) is 2. The molecule has 1 aliphatic carbocycles. The summed E-state index contributed by atoms with van der Waals surface area (Å²) in [6.45, 7) is 17.7. The summed E-state index contributed by atoms with van der Waals surface area (Å²) in [6.07, 6.45) is 4.05. The Balaban J connectivity index is 1.32. The summed E-state index contributed by atoms with van der Waals surface area (Å²) in [5.74, 6) is -0.594. The van der Waals surface area contributed by atoms with Crippen molar-refractivity contribution in [3.05, 3.63) is 83.9 Å². The van der Waals surface area contributed by atoms with Crippen LogP contribution in [0.1, 0.15) is 108 Å². The number of rotatable bonds is 5. The summed E-state index contributed by atoms with van der Waals surface area (Å²) >= 11 is 0. The second kappa shape index (κ2) is 11.5. The normalized spacial score (nSPS) is 20.8. The fourth-order valence-corrected chi connectivity index (χ4v) is 8.76. The average molecular weight is 620 g/mol. The molecule has 1 saturated heterocycles. The Morgan fingerprint density at radius 3 is 1.83 bits per heavy atom. The van der Waals surface area contributed by atoms with Crippen molar-refractivity contribution >= 4 is 33.5 Å². The van der Waals surface area contributed by atoms with Gasteiger partial charge in [-0.1, -0.05) is 70.2 Å². The molecule has 1 aliphatic heterocycles. The van der Waals surface area contributed by atoms with E-state index >= 15 is 0 Å². The molecule has 4 aromatic carbocycles. The van der Waals surface area contributed by atoms with Crippen molar-refractivity contribution in [2.45, 2.75) is 111 Å². The van der Waals surface area contributed by atoms with E-state index in [1.165, 1.54) is 0 Å². The van der Waals surface area contributed by atoms with Crippen LogP contribution in [0, 0.1) is 10.8 Å². The quantitative estimate of drug-likeness (QED) is 0.225. The Kier molecular flexibility index (Phi) is 8.08. The van der Waals surface area contributed by atoms with Crippen LogP contribution in [-0.2, 0) is 9.47 Å². The summed E-state index contributed by atoms with van der Waals surface area (Å²) in [4.78, 5) is 27.4. The van der Waals surface area contributed by atoms with E-state index < -0.39 is 0 Å². The Bertz CT molecular complexity index is 1780. The zero-order chi connectivity index (χ0) is 33.1. The van der Waals surface area contributed by atoms with Crippen molar-refractivity contribution in [3.63, 3.8) is 0 Å². The van der Waals surface area contributed by atoms with Crippen LogP contribution < -0.4 is 5.32 Å². The highest BCUT2D eigenvalue weighted by molar-refractivity contribution is 6.04. The molecule has 0 aromatic heterocycles. The van der Waals surface area contributed by atoms with E-state index in [0.29, 0.717) is 11.1 Å². The molecule has 4 aromatic rings. The van der Waals surface area contributed by atoms with E-state index in [-0.39, 0.29) is 46.1 Å². The van der Waals surface area contributed by atoms with Crippen LogP contribution >= 0.6 is 0 Å². The van der Waals surface area contributed by atoms with Crippen molar-refractivity contribution in [1.29, 1.82) is 0 Å². The van der Waals surface area contributed by atoms with Gasteiger partial charge in [0.15, 0.2) is 0 Å². The number of hydrogen-bond acceptors (Lipinski definition) is 5. The third-order valence-electron chi connectivity index (χ3n) is 9.71. The van der Waals surface area contributed by atoms with E-state index in [1.807, 2.05) is 54.6 Å². The molecule has 46 heavy (non-hydrogen) atoms. The zero-order valence-corrected chi connectivity index (χ0v) is 28.8. The van der Waals surface area contributed by atoms with Gasteiger partial charge in [0, 0.05) is 23.9 Å². The molecular weight excluding hydrogens is 570 g/mol. The number of carbonyl (C=O) groups is 2. The number of nitrogens with one attached hydrogen (secondary N) is 1. The molecule has 1 N–H and O–H groups in total. The molecule has 0 radical (unpaired) electrons. The first-order valence-electron chi connectivity index (χ1n) is 16.8. The largest absolute Gasteiger partial charge is 0.459 e. The van der Waals surface area contributed by atoms with E-state index in [9.17, 15) is 9.59 Å². The van der Waals surface area contributed by atoms with Crippen LogP contribution in [-0.4, -0.2) is 35.2 Å². The van der Waals surface area contributed by atoms with Crippen molar-refractivity contribution in [2.24, 2.45) is 10.8 Å². The highest BCUT2D eigenvalue weighted by atomic mass is 16.5. The number of benzene rings is 4. The molecule has 0 amide bonds. The highest BCUT2D eigenvalue weighted by Crippen LogP contribution is 2.47. The van der Waals surface area contributed by atoms with E-state index in [2.05, 4.69) is 78.9 Å². The number of fused-ring (bicyclic) bond motifs is 2. The van der Waals surface area contributed by atoms with Gasteiger partial charge in [-0.15, -0.1) is 0 Å². The van der Waals surface area contributed by atoms with Crippen LogP contribution in [0.15, 0.2) is 72.8 Å². The lowest BCUT2D eigenvalue weighted by Gasteiger charge is -2.45. The number of piperidine rings is 1. The Morgan fingerprint density at radius 2 is 1.17 bits per heavy atom. The van der Waals surface area contributed by atoms with E-state index in [1.54, 1.807) is 0 Å². The van der Waals surface area contributed by atoms with Gasteiger partial charge in [-0.2, -0.15) is 0 Å². The van der Waals surface area contributed by atoms with Gasteiger partial charge in [0.25, 0.3) is 0 Å². The summed E-state index contributed by atoms with van der Waals surface area (Å²) in [5, 5.41) is 7.65. The van der Waals surface area contributed by atoms with Gasteiger partial charge in [-0.3, -0.25) is 0 Å². The molecule has 0 spiro atoms. The molecule has 0 unspecified atom stereocenters. The van der Waals surface area contributed by atoms with Gasteiger partial charge in [0.05, 0.1) is 11.1 Å². The molecule has 1 saturated carbocycles. The van der Waals surface area contributed by atoms with Crippen LogP contribution in [0.2, 0.25) is 0 Å². The second-order valence-electron chi connectivity index (χ2n) is 16.8. The van der Waals surface area contributed by atoms with Crippen molar-refractivity contribution in [1.82, 2.24) is 5.32 Å². The Hall–Kier alpha value is -3.70. The predicted octanol–water partition coefficient (Wildman–Crippen LogP) is 9.89. The lowest BCUT2D eigenvalue weighted by molar-refractivity contribution is -0.0284. The van der Waals surface area contributed by atoms with Crippen LogP contribution in [0.5, 0.6) is 0 Å². The molecule has 0 atom stereocenters. The SMILES string of the molecule is CC1(C)CC(OC(=O)c2ccc3ccc(-c4cc5ccccc5cc4C(=O)OC4CC(C)(C)NC(C)(C)C4)cc3c2)CC(C)(C)C1. The van der Waals surface area contributed by atoms with E-state index in [0.717, 1.165) is 64.8 Å². The number of hydrogen-bond donors (Lipinski definition) is 1. The van der Waals surface area contributed by atoms with Gasteiger partial charge in [0.2, 0.25) is 0 Å². The molecule has 242 valence electrons. The summed E-state index contributed by atoms with van der Waals surface area (Å²) in [5.41, 5.74) is 2.79. The minimum atomic E-state index is -0.310. The second-order valence-corrected chi connectivity index (χ2v) is 16.8. The standard InChI is InChI=1S/C41H49NO4/c1-38(2)21-32(22-39(3,4)25-38)45-36(43)30-16-14-26-13-15-29(17-31(26)18-30)34-19-27-11-9-10-12-28(27)20-35(34)37(44)46-33-23-40(5,6)42-41(7,8)24-33/h9-20,32-33,42H,21-25H2,1-8H3. The van der Waals surface area contributed by atoms with E-state index in [4.69, 9.17) is 9.47 Å². The van der Waals surface area contributed by atoms with Crippen molar-refractivity contribution in [2.75, 3.05) is 0 Å². The summed E-state index contributed by atoms with van der Waals surface area (Å²) in [7, 11) is 0. The maximum absolute atomic E-state index is 14.0. The third kappa shape index (κ3) is 7.15. The fourth-order valence-electron chi connectivity index (χ4n) is 8.76. The predicted molar refractivity (Wildman–Crippen MR) is 187 cm³/mol. The van der Waals surface area contributed by atoms with Gasteiger partial charge in [0.1, 0.15) is 12.2 Å². The molecule has 6 rings (SSSR count). The monoisotopic (exact) mass is 619 g/mol. The van der Waals surface area contributed by atoms with Crippen LogP contribution in [0.4, 0.5) is 0 Å². The smallest absolute Gasteiger partial charge is 0.339 e. The maximum atomic E-state index is 14.0. The molecule has 5 nitrogen and oxygen atoms in total. The molecule has 2 fully saturated rings. The zero-order valence-electron chi connectivity index (χ0n) is 28.8. The van der Waals surface area contributed by atoms with Crippen molar-refractivity contribution < 1.29 is 19.1 Å². The Morgan fingerprint density at radius 1 is 0.609 bits per heavy atom. The van der Waals surface area contributed by atoms with Crippen LogP contribution in [0.3, 0.4) is 0 Å². The molecule has 2 aliphatic rings. The molecule has 1 heterocycles. The molecular formula is C41H49NO4. The summed E-state index contributed by atoms with van der Waals surface area (Å²) in [6, 6.07) is 24.0. The lowest BCUT2D eigenvalue weighted by atomic mass is 9.64. The van der Waals surface area contributed by atoms with Gasteiger partial charge in [-0.05, 0) is 121 Å². The Labute approximate surface area is 274 Å². The first-order chi connectivity index (χ1) is 21.5. The summed E-state index contributed by atoms with van der Waals surface area (Å²) < 4.78 is 12.4. The first kappa shape index (κ1) is 32.2. The van der Waals surface area contributed by atoms with Gasteiger partial charge in [-0.25, -0.2) is 9.59 Å². The number of esters is 2. The topological polar surface area (TPSA) is 64.6 Å².